The molecule has 108 valence electrons. The van der Waals surface area contributed by atoms with Crippen LogP contribution in [-0.4, -0.2) is 18.1 Å². The summed E-state index contributed by atoms with van der Waals surface area (Å²) in [6.45, 7) is 1.86. The minimum absolute atomic E-state index is 0.00562. The Bertz CT molecular complexity index is 696. The fourth-order valence-electron chi connectivity index (χ4n) is 2.68. The van der Waals surface area contributed by atoms with E-state index < -0.39 is 6.10 Å². The molecule has 2 aromatic rings. The van der Waals surface area contributed by atoms with Crippen LogP contribution in [0.4, 0.5) is 5.69 Å². The second-order valence-electron chi connectivity index (χ2n) is 5.20. The van der Waals surface area contributed by atoms with Crippen molar-refractivity contribution < 1.29 is 14.6 Å². The van der Waals surface area contributed by atoms with Gasteiger partial charge in [-0.05, 0) is 36.2 Å². The number of para-hydroxylation sites is 1. The number of nitrogens with one attached hydrogen (secondary N) is 1. The summed E-state index contributed by atoms with van der Waals surface area (Å²) < 4.78 is 5.29. The van der Waals surface area contributed by atoms with E-state index in [0.717, 1.165) is 16.8 Å². The summed E-state index contributed by atoms with van der Waals surface area (Å²) in [4.78, 5) is 11.7. The van der Waals surface area contributed by atoms with Crippen LogP contribution in [-0.2, 0) is 4.79 Å². The van der Waals surface area contributed by atoms with Crippen LogP contribution in [0.2, 0.25) is 0 Å². The van der Waals surface area contributed by atoms with Crippen molar-refractivity contribution in [2.24, 2.45) is 0 Å². The standard InChI is InChI=1S/C17H17NO3/c1-10-13-9-11(7-8-14(13)18-17(10)20)16(19)12-5-3-4-6-15(12)21-2/h3-10,16,19H,1-2H3,(H,18,20). The van der Waals surface area contributed by atoms with Gasteiger partial charge in [0.15, 0.2) is 0 Å². The molecule has 2 atom stereocenters. The van der Waals surface area contributed by atoms with Crippen LogP contribution in [0, 0.1) is 0 Å². The monoisotopic (exact) mass is 283 g/mol. The van der Waals surface area contributed by atoms with E-state index in [4.69, 9.17) is 4.74 Å². The van der Waals surface area contributed by atoms with Crippen LogP contribution in [0.3, 0.4) is 0 Å². The van der Waals surface area contributed by atoms with Crippen molar-refractivity contribution >= 4 is 11.6 Å². The predicted octanol–water partition coefficient (Wildman–Crippen LogP) is 2.83. The summed E-state index contributed by atoms with van der Waals surface area (Å²) in [7, 11) is 1.58. The van der Waals surface area contributed by atoms with Crippen LogP contribution < -0.4 is 10.1 Å². The Kier molecular flexibility index (Phi) is 3.39. The Morgan fingerprint density at radius 1 is 1.24 bits per heavy atom. The van der Waals surface area contributed by atoms with Gasteiger partial charge in [-0.25, -0.2) is 0 Å². The molecule has 21 heavy (non-hydrogen) atoms. The smallest absolute Gasteiger partial charge is 0.231 e. The number of amides is 1. The number of aliphatic hydroxyl groups excluding tert-OH is 1. The maximum atomic E-state index is 11.7. The van der Waals surface area contributed by atoms with Crippen molar-refractivity contribution in [1.82, 2.24) is 0 Å². The van der Waals surface area contributed by atoms with Crippen LogP contribution >= 0.6 is 0 Å². The second-order valence-corrected chi connectivity index (χ2v) is 5.20. The Morgan fingerprint density at radius 2 is 2.00 bits per heavy atom. The molecule has 1 aliphatic heterocycles. The molecule has 0 saturated carbocycles. The third-order valence-electron chi connectivity index (χ3n) is 3.94. The number of ether oxygens (including phenoxy) is 1. The fourth-order valence-corrected chi connectivity index (χ4v) is 2.68. The van der Waals surface area contributed by atoms with Crippen LogP contribution in [0.1, 0.15) is 35.6 Å². The molecule has 3 rings (SSSR count). The third kappa shape index (κ3) is 2.28. The highest BCUT2D eigenvalue weighted by atomic mass is 16.5. The van der Waals surface area contributed by atoms with Crippen molar-refractivity contribution in [2.75, 3.05) is 12.4 Å². The third-order valence-corrected chi connectivity index (χ3v) is 3.94. The average molecular weight is 283 g/mol. The zero-order valence-electron chi connectivity index (χ0n) is 12.0. The van der Waals surface area contributed by atoms with E-state index in [9.17, 15) is 9.90 Å². The molecular weight excluding hydrogens is 266 g/mol. The van der Waals surface area contributed by atoms with Gasteiger partial charge in [-0.1, -0.05) is 24.3 Å². The topological polar surface area (TPSA) is 58.6 Å². The summed E-state index contributed by atoms with van der Waals surface area (Å²) >= 11 is 0. The van der Waals surface area contributed by atoms with Gasteiger partial charge < -0.3 is 15.2 Å². The van der Waals surface area contributed by atoms with E-state index in [1.54, 1.807) is 7.11 Å². The van der Waals surface area contributed by atoms with Crippen molar-refractivity contribution in [3.8, 4) is 5.75 Å². The molecule has 4 nitrogen and oxygen atoms in total. The zero-order chi connectivity index (χ0) is 15.0. The van der Waals surface area contributed by atoms with E-state index in [1.807, 2.05) is 49.4 Å². The summed E-state index contributed by atoms with van der Waals surface area (Å²) in [5.41, 5.74) is 3.21. The highest BCUT2D eigenvalue weighted by Gasteiger charge is 2.27. The summed E-state index contributed by atoms with van der Waals surface area (Å²) in [6, 6.07) is 12.9. The van der Waals surface area contributed by atoms with Crippen molar-refractivity contribution in [2.45, 2.75) is 18.9 Å². The molecule has 0 radical (unpaired) electrons. The summed E-state index contributed by atoms with van der Waals surface area (Å²) in [5, 5.41) is 13.4. The molecule has 0 aliphatic carbocycles. The van der Waals surface area contributed by atoms with E-state index in [-0.39, 0.29) is 11.8 Å². The number of hydrogen-bond donors (Lipinski definition) is 2. The number of carbonyl (C=O) groups excluding carboxylic acids is 1. The molecule has 1 heterocycles. The van der Waals surface area contributed by atoms with Crippen LogP contribution in [0.15, 0.2) is 42.5 Å². The van der Waals surface area contributed by atoms with Crippen molar-refractivity contribution in [3.05, 3.63) is 59.2 Å². The Morgan fingerprint density at radius 3 is 2.76 bits per heavy atom. The minimum Gasteiger partial charge on any atom is -0.496 e. The molecule has 2 aromatic carbocycles. The number of methoxy groups -OCH3 is 1. The van der Waals surface area contributed by atoms with E-state index in [2.05, 4.69) is 5.32 Å². The van der Waals surface area contributed by atoms with E-state index in [1.165, 1.54) is 0 Å². The first-order valence-electron chi connectivity index (χ1n) is 6.87. The van der Waals surface area contributed by atoms with Gasteiger partial charge in [-0.2, -0.15) is 0 Å². The highest BCUT2D eigenvalue weighted by molar-refractivity contribution is 6.02. The summed E-state index contributed by atoms with van der Waals surface area (Å²) in [5.74, 6) is 0.450. The molecule has 1 aliphatic rings. The van der Waals surface area contributed by atoms with Gasteiger partial charge in [0.05, 0.1) is 13.0 Å². The number of anilines is 1. The molecule has 0 spiro atoms. The molecule has 0 fully saturated rings. The lowest BCUT2D eigenvalue weighted by molar-refractivity contribution is -0.116. The Labute approximate surface area is 123 Å². The van der Waals surface area contributed by atoms with Crippen molar-refractivity contribution in [3.63, 3.8) is 0 Å². The largest absolute Gasteiger partial charge is 0.496 e. The number of aliphatic hydroxyl groups is 1. The first kappa shape index (κ1) is 13.6. The van der Waals surface area contributed by atoms with E-state index in [0.29, 0.717) is 11.3 Å². The number of carbonyl (C=O) groups is 1. The average Bonchev–Trinajstić information content (AvgIpc) is 2.81. The van der Waals surface area contributed by atoms with Gasteiger partial charge >= 0.3 is 0 Å². The number of rotatable bonds is 3. The van der Waals surface area contributed by atoms with Gasteiger partial charge in [-0.15, -0.1) is 0 Å². The molecule has 2 N–H and O–H groups in total. The van der Waals surface area contributed by atoms with Gasteiger partial charge in [0, 0.05) is 11.3 Å². The molecule has 4 heteroatoms. The SMILES string of the molecule is COc1ccccc1C(O)c1ccc2c(c1)C(C)C(=O)N2. The maximum absolute atomic E-state index is 11.7. The lowest BCUT2D eigenvalue weighted by Crippen LogP contribution is -2.08. The number of fused-ring (bicyclic) bond motifs is 1. The molecule has 2 unspecified atom stereocenters. The predicted molar refractivity (Wildman–Crippen MR) is 80.5 cm³/mol. The van der Waals surface area contributed by atoms with Gasteiger partial charge in [0.25, 0.3) is 0 Å². The normalized spacial score (nSPS) is 18.0. The molecule has 0 saturated heterocycles. The Hall–Kier alpha value is -2.33. The molecule has 1 amide bonds. The number of benzene rings is 2. The molecule has 0 bridgehead atoms. The van der Waals surface area contributed by atoms with E-state index >= 15 is 0 Å². The van der Waals surface area contributed by atoms with Crippen LogP contribution in [0.5, 0.6) is 5.75 Å². The molecule has 0 aromatic heterocycles. The highest BCUT2D eigenvalue weighted by Crippen LogP contribution is 2.36. The van der Waals surface area contributed by atoms with Gasteiger partial charge in [-0.3, -0.25) is 4.79 Å². The fraction of sp³-hybridized carbons (Fsp3) is 0.235. The quantitative estimate of drug-likeness (QED) is 0.910. The summed E-state index contributed by atoms with van der Waals surface area (Å²) in [6.07, 6.45) is -0.783. The lowest BCUT2D eigenvalue weighted by atomic mass is 9.95. The second kappa shape index (κ2) is 5.22. The number of hydrogen-bond acceptors (Lipinski definition) is 3. The first-order valence-corrected chi connectivity index (χ1v) is 6.87. The maximum Gasteiger partial charge on any atom is 0.231 e. The Balaban J connectivity index is 2.00. The lowest BCUT2D eigenvalue weighted by Gasteiger charge is -2.16. The first-order chi connectivity index (χ1) is 10.1. The van der Waals surface area contributed by atoms with Crippen LogP contribution in [0.25, 0.3) is 0 Å². The van der Waals surface area contributed by atoms with Gasteiger partial charge in [0.2, 0.25) is 5.91 Å². The minimum atomic E-state index is -0.783. The molecular formula is C17H17NO3. The zero-order valence-corrected chi connectivity index (χ0v) is 12.0. The van der Waals surface area contributed by atoms with Crippen molar-refractivity contribution in [1.29, 1.82) is 0 Å². The van der Waals surface area contributed by atoms with Gasteiger partial charge in [0.1, 0.15) is 11.9 Å².